The SMILES string of the molecule is CCCNC(=O)NC1(c2ccc(N)cc2)CCCC1. The number of carbonyl (C=O) groups is 1. The van der Waals surface area contributed by atoms with Crippen LogP contribution >= 0.6 is 0 Å². The van der Waals surface area contributed by atoms with Gasteiger partial charge in [0.15, 0.2) is 0 Å². The molecule has 4 N–H and O–H groups in total. The van der Waals surface area contributed by atoms with Crippen LogP contribution in [0, 0.1) is 0 Å². The highest BCUT2D eigenvalue weighted by atomic mass is 16.2. The quantitative estimate of drug-likeness (QED) is 0.729. The second-order valence-corrected chi connectivity index (χ2v) is 5.29. The number of hydrogen-bond donors (Lipinski definition) is 3. The highest BCUT2D eigenvalue weighted by molar-refractivity contribution is 5.75. The minimum atomic E-state index is -0.217. The van der Waals surface area contributed by atoms with Crippen molar-refractivity contribution in [1.82, 2.24) is 10.6 Å². The Morgan fingerprint density at radius 3 is 2.47 bits per heavy atom. The maximum absolute atomic E-state index is 12.0. The van der Waals surface area contributed by atoms with E-state index in [2.05, 4.69) is 10.6 Å². The molecule has 0 spiro atoms. The summed E-state index contributed by atoms with van der Waals surface area (Å²) in [5.41, 5.74) is 7.43. The number of rotatable bonds is 4. The molecule has 0 radical (unpaired) electrons. The highest BCUT2D eigenvalue weighted by Gasteiger charge is 2.36. The molecule has 0 atom stereocenters. The van der Waals surface area contributed by atoms with Crippen LogP contribution in [0.15, 0.2) is 24.3 Å². The molecule has 104 valence electrons. The standard InChI is InChI=1S/C15H23N3O/c1-2-11-17-14(19)18-15(9-3-4-10-15)12-5-7-13(16)8-6-12/h5-8H,2-4,9-11,16H2,1H3,(H2,17,18,19). The fourth-order valence-corrected chi connectivity index (χ4v) is 2.77. The van der Waals surface area contributed by atoms with E-state index in [1.165, 1.54) is 0 Å². The molecule has 19 heavy (non-hydrogen) atoms. The molecule has 4 nitrogen and oxygen atoms in total. The number of anilines is 1. The van der Waals surface area contributed by atoms with Crippen molar-refractivity contribution in [3.63, 3.8) is 0 Å². The van der Waals surface area contributed by atoms with Crippen LogP contribution in [0.25, 0.3) is 0 Å². The van der Waals surface area contributed by atoms with Gasteiger partial charge in [0, 0.05) is 12.2 Å². The van der Waals surface area contributed by atoms with Crippen molar-refractivity contribution in [3.05, 3.63) is 29.8 Å². The molecule has 0 aliphatic heterocycles. The largest absolute Gasteiger partial charge is 0.399 e. The topological polar surface area (TPSA) is 67.2 Å². The third kappa shape index (κ3) is 3.19. The summed E-state index contributed by atoms with van der Waals surface area (Å²) in [6.45, 7) is 2.76. The molecule has 4 heteroatoms. The summed E-state index contributed by atoms with van der Waals surface area (Å²) in [5, 5.41) is 6.06. The minimum absolute atomic E-state index is 0.0689. The molecule has 1 aromatic rings. The fourth-order valence-electron chi connectivity index (χ4n) is 2.77. The van der Waals surface area contributed by atoms with E-state index < -0.39 is 0 Å². The Morgan fingerprint density at radius 2 is 1.89 bits per heavy atom. The zero-order chi connectivity index (χ0) is 13.7. The van der Waals surface area contributed by atoms with Gasteiger partial charge in [-0.1, -0.05) is 31.9 Å². The van der Waals surface area contributed by atoms with Crippen molar-refractivity contribution < 1.29 is 4.79 Å². The normalized spacial score (nSPS) is 17.1. The molecule has 1 aliphatic carbocycles. The lowest BCUT2D eigenvalue weighted by molar-refractivity contribution is 0.224. The third-order valence-electron chi connectivity index (χ3n) is 3.81. The minimum Gasteiger partial charge on any atom is -0.399 e. The van der Waals surface area contributed by atoms with Gasteiger partial charge in [0.25, 0.3) is 0 Å². The number of benzene rings is 1. The first kappa shape index (κ1) is 13.7. The Balaban J connectivity index is 2.13. The van der Waals surface area contributed by atoms with E-state index in [0.717, 1.165) is 43.4 Å². The summed E-state index contributed by atoms with van der Waals surface area (Å²) in [6, 6.07) is 7.80. The van der Waals surface area contributed by atoms with Crippen LogP contribution in [0.5, 0.6) is 0 Å². The Kier molecular flexibility index (Phi) is 4.30. The van der Waals surface area contributed by atoms with E-state index in [-0.39, 0.29) is 11.6 Å². The van der Waals surface area contributed by atoms with Crippen LogP contribution in [-0.2, 0) is 5.54 Å². The molecule has 2 rings (SSSR count). The average molecular weight is 261 g/mol. The second-order valence-electron chi connectivity index (χ2n) is 5.29. The van der Waals surface area contributed by atoms with Crippen LogP contribution < -0.4 is 16.4 Å². The molecule has 1 fully saturated rings. The zero-order valence-corrected chi connectivity index (χ0v) is 11.5. The lowest BCUT2D eigenvalue weighted by atomic mass is 9.88. The van der Waals surface area contributed by atoms with E-state index in [9.17, 15) is 4.79 Å². The fraction of sp³-hybridized carbons (Fsp3) is 0.533. The first-order valence-corrected chi connectivity index (χ1v) is 7.08. The molecule has 2 amide bonds. The van der Waals surface area contributed by atoms with Crippen LogP contribution in [0.3, 0.4) is 0 Å². The number of nitrogen functional groups attached to an aromatic ring is 1. The van der Waals surface area contributed by atoms with Gasteiger partial charge < -0.3 is 16.4 Å². The summed E-state index contributed by atoms with van der Waals surface area (Å²) >= 11 is 0. The summed E-state index contributed by atoms with van der Waals surface area (Å²) in [7, 11) is 0. The van der Waals surface area contributed by atoms with Gasteiger partial charge in [-0.05, 0) is 37.0 Å². The second kappa shape index (κ2) is 5.95. The first-order valence-electron chi connectivity index (χ1n) is 7.08. The average Bonchev–Trinajstić information content (AvgIpc) is 2.86. The molecule has 0 bridgehead atoms. The number of amides is 2. The lowest BCUT2D eigenvalue weighted by Gasteiger charge is -2.31. The Labute approximate surface area is 114 Å². The van der Waals surface area contributed by atoms with Crippen LogP contribution in [-0.4, -0.2) is 12.6 Å². The van der Waals surface area contributed by atoms with Gasteiger partial charge in [-0.3, -0.25) is 0 Å². The smallest absolute Gasteiger partial charge is 0.315 e. The van der Waals surface area contributed by atoms with Crippen LogP contribution in [0.1, 0.15) is 44.6 Å². The monoisotopic (exact) mass is 261 g/mol. The van der Waals surface area contributed by atoms with Crippen molar-refractivity contribution in [2.24, 2.45) is 0 Å². The zero-order valence-electron chi connectivity index (χ0n) is 11.5. The van der Waals surface area contributed by atoms with Crippen LogP contribution in [0.4, 0.5) is 10.5 Å². The van der Waals surface area contributed by atoms with E-state index in [4.69, 9.17) is 5.73 Å². The van der Waals surface area contributed by atoms with Gasteiger partial charge in [-0.2, -0.15) is 0 Å². The number of carbonyl (C=O) groups excluding carboxylic acids is 1. The van der Waals surface area contributed by atoms with E-state index in [0.29, 0.717) is 6.54 Å². The van der Waals surface area contributed by atoms with Gasteiger partial charge in [0.05, 0.1) is 5.54 Å². The number of nitrogens with two attached hydrogens (primary N) is 1. The lowest BCUT2D eigenvalue weighted by Crippen LogP contribution is -2.48. The van der Waals surface area contributed by atoms with Crippen molar-refractivity contribution in [1.29, 1.82) is 0 Å². The summed E-state index contributed by atoms with van der Waals surface area (Å²) < 4.78 is 0. The van der Waals surface area contributed by atoms with E-state index >= 15 is 0 Å². The van der Waals surface area contributed by atoms with E-state index in [1.54, 1.807) is 0 Å². The van der Waals surface area contributed by atoms with Crippen molar-refractivity contribution in [2.75, 3.05) is 12.3 Å². The Morgan fingerprint density at radius 1 is 1.26 bits per heavy atom. The first-order chi connectivity index (χ1) is 9.16. The Bertz CT molecular complexity index is 422. The maximum Gasteiger partial charge on any atom is 0.315 e. The van der Waals surface area contributed by atoms with Gasteiger partial charge in [-0.25, -0.2) is 4.79 Å². The van der Waals surface area contributed by atoms with Gasteiger partial charge in [0.2, 0.25) is 0 Å². The highest BCUT2D eigenvalue weighted by Crippen LogP contribution is 2.38. The molecule has 1 aliphatic rings. The molecule has 0 heterocycles. The Hall–Kier alpha value is -1.71. The molecular formula is C15H23N3O. The summed E-state index contributed by atoms with van der Waals surface area (Å²) in [4.78, 5) is 12.0. The predicted octanol–water partition coefficient (Wildman–Crippen LogP) is 2.75. The molecular weight excluding hydrogens is 238 g/mol. The molecule has 1 aromatic carbocycles. The van der Waals surface area contributed by atoms with Gasteiger partial charge in [0.1, 0.15) is 0 Å². The maximum atomic E-state index is 12.0. The molecule has 1 saturated carbocycles. The third-order valence-corrected chi connectivity index (χ3v) is 3.81. The van der Waals surface area contributed by atoms with Gasteiger partial charge >= 0.3 is 6.03 Å². The molecule has 0 unspecified atom stereocenters. The van der Waals surface area contributed by atoms with Crippen molar-refractivity contribution in [3.8, 4) is 0 Å². The van der Waals surface area contributed by atoms with Crippen molar-refractivity contribution >= 4 is 11.7 Å². The van der Waals surface area contributed by atoms with Crippen LogP contribution in [0.2, 0.25) is 0 Å². The van der Waals surface area contributed by atoms with Gasteiger partial charge in [-0.15, -0.1) is 0 Å². The molecule has 0 saturated heterocycles. The summed E-state index contributed by atoms with van der Waals surface area (Å²) in [5.74, 6) is 0. The van der Waals surface area contributed by atoms with E-state index in [1.807, 2.05) is 31.2 Å². The number of urea groups is 1. The van der Waals surface area contributed by atoms with Crippen molar-refractivity contribution in [2.45, 2.75) is 44.6 Å². The number of nitrogens with one attached hydrogen (secondary N) is 2. The summed E-state index contributed by atoms with van der Waals surface area (Å²) in [6.07, 6.45) is 5.24. The molecule has 0 aromatic heterocycles. The number of hydrogen-bond acceptors (Lipinski definition) is 2. The predicted molar refractivity (Wildman–Crippen MR) is 77.8 cm³/mol.